The summed E-state index contributed by atoms with van der Waals surface area (Å²) in [5.74, 6) is -0.0350. The zero-order valence-electron chi connectivity index (χ0n) is 17.4. The molecule has 1 N–H and O–H groups in total. The molecule has 1 amide bonds. The predicted octanol–water partition coefficient (Wildman–Crippen LogP) is 4.77. The van der Waals surface area contributed by atoms with Crippen molar-refractivity contribution in [2.75, 3.05) is 31.6 Å². The Labute approximate surface area is 184 Å². The Morgan fingerprint density at radius 2 is 2.00 bits per heavy atom. The molecule has 0 spiro atoms. The van der Waals surface area contributed by atoms with Gasteiger partial charge >= 0.3 is 0 Å². The maximum atomic E-state index is 11.1. The molecule has 1 fully saturated rings. The summed E-state index contributed by atoms with van der Waals surface area (Å²) in [5, 5.41) is 6.11. The van der Waals surface area contributed by atoms with Gasteiger partial charge < -0.3 is 10.1 Å². The summed E-state index contributed by atoms with van der Waals surface area (Å²) < 4.78 is 5.87. The van der Waals surface area contributed by atoms with E-state index < -0.39 is 0 Å². The lowest BCUT2D eigenvalue weighted by Crippen LogP contribution is -2.42. The van der Waals surface area contributed by atoms with Gasteiger partial charge in [-0.2, -0.15) is 0 Å². The Morgan fingerprint density at radius 1 is 1.28 bits per heavy atom. The molecular weight excluding hydrogens is 406 g/mol. The van der Waals surface area contributed by atoms with E-state index in [1.807, 2.05) is 18.3 Å². The van der Waals surface area contributed by atoms with Crippen LogP contribution in [0.3, 0.4) is 0 Å². The first-order valence-electron chi connectivity index (χ1n) is 10.1. The number of nitrogens with one attached hydrogen (secondary N) is 1. The number of piperidine rings is 1. The van der Waals surface area contributed by atoms with Gasteiger partial charge in [-0.1, -0.05) is 12.1 Å². The van der Waals surface area contributed by atoms with E-state index in [2.05, 4.69) is 39.6 Å². The van der Waals surface area contributed by atoms with Gasteiger partial charge in [0.1, 0.15) is 0 Å². The highest BCUT2D eigenvalue weighted by Crippen LogP contribution is 2.37. The molecule has 7 heteroatoms. The number of halogens is 1. The van der Waals surface area contributed by atoms with E-state index in [1.165, 1.54) is 30.3 Å². The third-order valence-electron chi connectivity index (χ3n) is 5.56. The van der Waals surface area contributed by atoms with E-state index in [0.29, 0.717) is 0 Å². The van der Waals surface area contributed by atoms with Crippen LogP contribution in [0.4, 0.5) is 5.69 Å². The van der Waals surface area contributed by atoms with Crippen molar-refractivity contribution in [3.63, 3.8) is 0 Å². The second-order valence-corrected chi connectivity index (χ2v) is 8.70. The molecule has 0 saturated carbocycles. The maximum Gasteiger partial charge on any atom is 0.221 e. The normalized spacial score (nSPS) is 16.2. The molecule has 29 heavy (non-hydrogen) atoms. The molecule has 1 saturated heterocycles. The van der Waals surface area contributed by atoms with E-state index in [0.717, 1.165) is 51.4 Å². The summed E-state index contributed by atoms with van der Waals surface area (Å²) >= 11 is 1.75. The van der Waals surface area contributed by atoms with Crippen molar-refractivity contribution in [2.24, 2.45) is 5.41 Å². The van der Waals surface area contributed by atoms with Crippen LogP contribution in [-0.2, 0) is 22.5 Å². The van der Waals surface area contributed by atoms with E-state index in [-0.39, 0.29) is 23.7 Å². The third kappa shape index (κ3) is 7.37. The van der Waals surface area contributed by atoms with Gasteiger partial charge in [-0.15, -0.1) is 23.7 Å². The summed E-state index contributed by atoms with van der Waals surface area (Å²) in [7, 11) is 0. The zero-order valence-corrected chi connectivity index (χ0v) is 19.0. The molecule has 3 rings (SSSR count). The zero-order chi connectivity index (χ0) is 19.8. The van der Waals surface area contributed by atoms with Crippen LogP contribution in [0, 0.1) is 5.41 Å². The fourth-order valence-corrected chi connectivity index (χ4v) is 4.49. The molecule has 1 aliphatic rings. The van der Waals surface area contributed by atoms with Crippen molar-refractivity contribution in [2.45, 2.75) is 46.1 Å². The first-order valence-corrected chi connectivity index (χ1v) is 11.0. The standard InChI is InChI=1S/C22H31N3O2S.ClH/c1-3-27-17-22(9-8-21-23-12-15-28-21)10-13-25(14-11-22)16-19-4-6-20(7-5-19)24-18(2)26;/h4-7,12,15H,3,8-11,13-14,16-17H2,1-2H3,(H,24,26);1H. The van der Waals surface area contributed by atoms with Crippen LogP contribution in [-0.4, -0.2) is 42.1 Å². The fraction of sp³-hybridized carbons (Fsp3) is 0.545. The number of hydrogen-bond acceptors (Lipinski definition) is 5. The molecule has 0 bridgehead atoms. The lowest BCUT2D eigenvalue weighted by molar-refractivity contribution is -0.114. The number of carbonyl (C=O) groups is 1. The van der Waals surface area contributed by atoms with Crippen LogP contribution in [0.15, 0.2) is 35.8 Å². The molecule has 0 aliphatic carbocycles. The number of thiazole rings is 1. The maximum absolute atomic E-state index is 11.1. The van der Waals surface area contributed by atoms with Crippen molar-refractivity contribution in [1.29, 1.82) is 0 Å². The van der Waals surface area contributed by atoms with Gasteiger partial charge in [0.25, 0.3) is 0 Å². The van der Waals surface area contributed by atoms with Gasteiger partial charge in [-0.05, 0) is 68.8 Å². The van der Waals surface area contributed by atoms with Gasteiger partial charge in [0.2, 0.25) is 5.91 Å². The Hall–Kier alpha value is -1.47. The van der Waals surface area contributed by atoms with Gasteiger partial charge in [-0.3, -0.25) is 9.69 Å². The van der Waals surface area contributed by atoms with Crippen LogP contribution in [0.25, 0.3) is 0 Å². The molecule has 1 aromatic carbocycles. The quantitative estimate of drug-likeness (QED) is 0.613. The number of likely N-dealkylation sites (tertiary alicyclic amines) is 1. The minimum absolute atomic E-state index is 0. The average molecular weight is 438 g/mol. The predicted molar refractivity (Wildman–Crippen MR) is 122 cm³/mol. The number of amides is 1. The van der Waals surface area contributed by atoms with Crippen LogP contribution in [0.1, 0.15) is 43.7 Å². The van der Waals surface area contributed by atoms with E-state index in [9.17, 15) is 4.79 Å². The fourth-order valence-electron chi connectivity index (χ4n) is 3.87. The molecule has 1 aliphatic heterocycles. The van der Waals surface area contributed by atoms with Gasteiger partial charge in [-0.25, -0.2) is 4.98 Å². The molecule has 160 valence electrons. The number of carbonyl (C=O) groups excluding carboxylic acids is 1. The van der Waals surface area contributed by atoms with Crippen LogP contribution in [0.5, 0.6) is 0 Å². The third-order valence-corrected chi connectivity index (χ3v) is 6.40. The molecule has 5 nitrogen and oxygen atoms in total. The van der Waals surface area contributed by atoms with Crippen molar-refractivity contribution in [3.8, 4) is 0 Å². The molecule has 1 aromatic heterocycles. The Bertz CT molecular complexity index is 729. The number of aryl methyl sites for hydroxylation is 1. The SMILES string of the molecule is CCOCC1(CCc2nccs2)CCN(Cc2ccc(NC(C)=O)cc2)CC1.Cl. The first kappa shape index (κ1) is 23.8. The summed E-state index contributed by atoms with van der Waals surface area (Å²) in [6, 6.07) is 8.17. The second-order valence-electron chi connectivity index (χ2n) is 7.72. The summed E-state index contributed by atoms with van der Waals surface area (Å²) in [5.41, 5.74) is 2.41. The Balaban J connectivity index is 0.00000300. The van der Waals surface area contributed by atoms with Crippen molar-refractivity contribution < 1.29 is 9.53 Å². The topological polar surface area (TPSA) is 54.5 Å². The number of aromatic nitrogens is 1. The number of hydrogen-bond donors (Lipinski definition) is 1. The summed E-state index contributed by atoms with van der Waals surface area (Å²) in [6.45, 7) is 8.39. The molecular formula is C22H32ClN3O2S. The summed E-state index contributed by atoms with van der Waals surface area (Å²) in [6.07, 6.45) is 6.44. The smallest absolute Gasteiger partial charge is 0.221 e. The highest BCUT2D eigenvalue weighted by Gasteiger charge is 2.34. The highest BCUT2D eigenvalue weighted by atomic mass is 35.5. The Kier molecular flexibility index (Phi) is 9.56. The summed E-state index contributed by atoms with van der Waals surface area (Å²) in [4.78, 5) is 18.1. The Morgan fingerprint density at radius 3 is 2.59 bits per heavy atom. The van der Waals surface area contributed by atoms with E-state index >= 15 is 0 Å². The molecule has 0 radical (unpaired) electrons. The molecule has 0 atom stereocenters. The van der Waals surface area contributed by atoms with Crippen LogP contribution < -0.4 is 5.32 Å². The highest BCUT2D eigenvalue weighted by molar-refractivity contribution is 7.09. The van der Waals surface area contributed by atoms with E-state index in [1.54, 1.807) is 11.3 Å². The molecule has 2 heterocycles. The van der Waals surface area contributed by atoms with Crippen LogP contribution >= 0.6 is 23.7 Å². The largest absolute Gasteiger partial charge is 0.381 e. The number of nitrogens with zero attached hydrogens (tertiary/aromatic N) is 2. The second kappa shape index (κ2) is 11.6. The lowest BCUT2D eigenvalue weighted by Gasteiger charge is -2.42. The van der Waals surface area contributed by atoms with Crippen molar-refractivity contribution >= 4 is 35.3 Å². The van der Waals surface area contributed by atoms with Gasteiger partial charge in [0.15, 0.2) is 0 Å². The minimum atomic E-state index is -0.0350. The number of ether oxygens (including phenoxy) is 1. The molecule has 2 aromatic rings. The number of anilines is 1. The number of benzene rings is 1. The monoisotopic (exact) mass is 437 g/mol. The van der Waals surface area contributed by atoms with Crippen molar-refractivity contribution in [1.82, 2.24) is 9.88 Å². The lowest BCUT2D eigenvalue weighted by atomic mass is 9.75. The van der Waals surface area contributed by atoms with E-state index in [4.69, 9.17) is 4.74 Å². The first-order chi connectivity index (χ1) is 13.6. The average Bonchev–Trinajstić information content (AvgIpc) is 3.21. The van der Waals surface area contributed by atoms with Gasteiger partial charge in [0, 0.05) is 37.3 Å². The number of rotatable bonds is 9. The van der Waals surface area contributed by atoms with Crippen molar-refractivity contribution in [3.05, 3.63) is 46.4 Å². The van der Waals surface area contributed by atoms with Crippen LogP contribution in [0.2, 0.25) is 0 Å². The minimum Gasteiger partial charge on any atom is -0.381 e. The molecule has 0 unspecified atom stereocenters. The van der Waals surface area contributed by atoms with Gasteiger partial charge in [0.05, 0.1) is 11.6 Å².